The maximum atomic E-state index is 12.3. The number of benzene rings is 1. The van der Waals surface area contributed by atoms with Crippen molar-refractivity contribution >= 4 is 5.91 Å². The summed E-state index contributed by atoms with van der Waals surface area (Å²) < 4.78 is 5.62. The van der Waals surface area contributed by atoms with Gasteiger partial charge in [0.25, 0.3) is 0 Å². The van der Waals surface area contributed by atoms with Crippen LogP contribution >= 0.6 is 0 Å². The van der Waals surface area contributed by atoms with Gasteiger partial charge in [0.1, 0.15) is 12.1 Å². The minimum Gasteiger partial charge on any atom is -0.493 e. The third kappa shape index (κ3) is 4.50. The second-order valence-electron chi connectivity index (χ2n) is 7.80. The molecule has 1 aromatic carbocycles. The fourth-order valence-electron chi connectivity index (χ4n) is 4.31. The molecule has 4 rings (SSSR count). The summed E-state index contributed by atoms with van der Waals surface area (Å²) in [7, 11) is 0. The Morgan fingerprint density at radius 2 is 2.07 bits per heavy atom. The van der Waals surface area contributed by atoms with Crippen LogP contribution in [-0.4, -0.2) is 51.4 Å². The molecule has 1 atom stereocenters. The summed E-state index contributed by atoms with van der Waals surface area (Å²) in [6, 6.07) is 6.86. The normalized spacial score (nSPS) is 19.5. The second kappa shape index (κ2) is 8.69. The number of amides is 1. The molecule has 1 amide bonds. The molecule has 148 valence electrons. The fourth-order valence-corrected chi connectivity index (χ4v) is 4.31. The number of hydrogen-bond acceptors (Lipinski definition) is 5. The van der Waals surface area contributed by atoms with E-state index in [0.717, 1.165) is 63.2 Å². The molecule has 0 N–H and O–H groups in total. The largest absolute Gasteiger partial charge is 0.493 e. The molecule has 0 bridgehead atoms. The van der Waals surface area contributed by atoms with Crippen LogP contribution in [0.2, 0.25) is 0 Å². The summed E-state index contributed by atoms with van der Waals surface area (Å²) in [5.74, 6) is 1.17. The summed E-state index contributed by atoms with van der Waals surface area (Å²) in [6.07, 6.45) is 9.28. The molecular formula is C22H28N4O2. The number of ether oxygens (including phenoxy) is 1. The Labute approximate surface area is 166 Å². The van der Waals surface area contributed by atoms with E-state index in [1.807, 2.05) is 4.90 Å². The molecule has 0 aliphatic carbocycles. The molecule has 0 unspecified atom stereocenters. The molecule has 1 saturated heterocycles. The van der Waals surface area contributed by atoms with E-state index in [1.165, 1.54) is 17.5 Å². The van der Waals surface area contributed by atoms with Gasteiger partial charge >= 0.3 is 0 Å². The van der Waals surface area contributed by atoms with Gasteiger partial charge in [0.05, 0.1) is 6.61 Å². The van der Waals surface area contributed by atoms with E-state index in [0.29, 0.717) is 6.54 Å². The molecule has 28 heavy (non-hydrogen) atoms. The lowest BCUT2D eigenvalue weighted by molar-refractivity contribution is -0.132. The highest BCUT2D eigenvalue weighted by Crippen LogP contribution is 2.27. The molecule has 0 saturated carbocycles. The number of carbonyl (C=O) groups is 1. The average molecular weight is 380 g/mol. The summed E-state index contributed by atoms with van der Waals surface area (Å²) in [6.45, 7) is 6.10. The number of carbonyl (C=O) groups excluding carboxylic acids is 1. The second-order valence-corrected chi connectivity index (χ2v) is 7.80. The lowest BCUT2D eigenvalue weighted by Gasteiger charge is -2.30. The van der Waals surface area contributed by atoms with Crippen molar-refractivity contribution in [2.75, 3.05) is 19.7 Å². The highest BCUT2D eigenvalue weighted by Gasteiger charge is 2.25. The summed E-state index contributed by atoms with van der Waals surface area (Å²) >= 11 is 0. The summed E-state index contributed by atoms with van der Waals surface area (Å²) in [5.41, 5.74) is 3.67. The first-order valence-corrected chi connectivity index (χ1v) is 10.2. The monoisotopic (exact) mass is 380 g/mol. The third-order valence-corrected chi connectivity index (χ3v) is 5.76. The zero-order chi connectivity index (χ0) is 19.3. The molecular weight excluding hydrogens is 352 g/mol. The zero-order valence-corrected chi connectivity index (χ0v) is 16.5. The molecule has 2 aliphatic rings. The van der Waals surface area contributed by atoms with Crippen LogP contribution in [0.3, 0.4) is 0 Å². The van der Waals surface area contributed by atoms with Crippen LogP contribution in [0, 0.1) is 0 Å². The van der Waals surface area contributed by atoms with Gasteiger partial charge in [-0.1, -0.05) is 12.1 Å². The van der Waals surface area contributed by atoms with Gasteiger partial charge in [-0.05, 0) is 43.0 Å². The van der Waals surface area contributed by atoms with E-state index in [2.05, 4.69) is 33.1 Å². The number of rotatable bonds is 5. The van der Waals surface area contributed by atoms with Crippen LogP contribution in [-0.2, 0) is 24.3 Å². The Hall–Kier alpha value is -2.47. The SMILES string of the molecule is CC(=O)N(Cc1cncnc1)[C@@H]1CCCN(Cc2ccc3c(c2)CCO3)CC1. The van der Waals surface area contributed by atoms with E-state index >= 15 is 0 Å². The third-order valence-electron chi connectivity index (χ3n) is 5.76. The lowest BCUT2D eigenvalue weighted by Crippen LogP contribution is -2.39. The van der Waals surface area contributed by atoms with E-state index in [-0.39, 0.29) is 11.9 Å². The summed E-state index contributed by atoms with van der Waals surface area (Å²) in [4.78, 5) is 25.0. The van der Waals surface area contributed by atoms with Crippen molar-refractivity contribution < 1.29 is 9.53 Å². The molecule has 0 radical (unpaired) electrons. The minimum absolute atomic E-state index is 0.126. The number of hydrogen-bond donors (Lipinski definition) is 0. The minimum atomic E-state index is 0.126. The van der Waals surface area contributed by atoms with Crippen LogP contribution in [0.15, 0.2) is 36.9 Å². The molecule has 3 heterocycles. The molecule has 1 fully saturated rings. The van der Waals surface area contributed by atoms with Crippen LogP contribution < -0.4 is 4.74 Å². The predicted molar refractivity (Wildman–Crippen MR) is 107 cm³/mol. The number of aromatic nitrogens is 2. The number of likely N-dealkylation sites (tertiary alicyclic amines) is 1. The van der Waals surface area contributed by atoms with E-state index in [1.54, 1.807) is 19.3 Å². The van der Waals surface area contributed by atoms with Gasteiger partial charge in [0.2, 0.25) is 5.91 Å². The van der Waals surface area contributed by atoms with E-state index in [4.69, 9.17) is 4.74 Å². The van der Waals surface area contributed by atoms with Gasteiger partial charge in [-0.2, -0.15) is 0 Å². The first kappa shape index (κ1) is 18.9. The molecule has 0 spiro atoms. The van der Waals surface area contributed by atoms with Crippen molar-refractivity contribution in [3.63, 3.8) is 0 Å². The highest BCUT2D eigenvalue weighted by atomic mass is 16.5. The maximum Gasteiger partial charge on any atom is 0.219 e. The van der Waals surface area contributed by atoms with E-state index < -0.39 is 0 Å². The quantitative estimate of drug-likeness (QED) is 0.798. The van der Waals surface area contributed by atoms with Gasteiger partial charge in [-0.25, -0.2) is 9.97 Å². The molecule has 2 aliphatic heterocycles. The first-order valence-electron chi connectivity index (χ1n) is 10.2. The van der Waals surface area contributed by atoms with Gasteiger partial charge in [-0.3, -0.25) is 9.69 Å². The molecule has 6 heteroatoms. The highest BCUT2D eigenvalue weighted by molar-refractivity contribution is 5.73. The Morgan fingerprint density at radius 1 is 1.21 bits per heavy atom. The van der Waals surface area contributed by atoms with Crippen molar-refractivity contribution in [2.45, 2.75) is 51.7 Å². The Bertz CT molecular complexity index is 811. The van der Waals surface area contributed by atoms with Crippen molar-refractivity contribution in [2.24, 2.45) is 0 Å². The fraction of sp³-hybridized carbons (Fsp3) is 0.500. The van der Waals surface area contributed by atoms with Gasteiger partial charge in [0.15, 0.2) is 0 Å². The summed E-state index contributed by atoms with van der Waals surface area (Å²) in [5, 5.41) is 0. The zero-order valence-electron chi connectivity index (χ0n) is 16.5. The number of nitrogens with zero attached hydrogens (tertiary/aromatic N) is 4. The first-order chi connectivity index (χ1) is 13.7. The molecule has 2 aromatic rings. The van der Waals surface area contributed by atoms with Gasteiger partial charge < -0.3 is 9.64 Å². The molecule has 6 nitrogen and oxygen atoms in total. The predicted octanol–water partition coefficient (Wildman–Crippen LogP) is 2.81. The van der Waals surface area contributed by atoms with Crippen molar-refractivity contribution in [3.05, 3.63) is 53.6 Å². The van der Waals surface area contributed by atoms with Crippen molar-refractivity contribution in [3.8, 4) is 5.75 Å². The Morgan fingerprint density at radius 3 is 2.89 bits per heavy atom. The Balaban J connectivity index is 1.37. The van der Waals surface area contributed by atoms with Crippen LogP contribution in [0.1, 0.15) is 42.9 Å². The smallest absolute Gasteiger partial charge is 0.219 e. The topological polar surface area (TPSA) is 58.6 Å². The average Bonchev–Trinajstić information content (AvgIpc) is 3.05. The number of fused-ring (bicyclic) bond motifs is 1. The van der Waals surface area contributed by atoms with Crippen molar-refractivity contribution in [1.29, 1.82) is 0 Å². The standard InChI is InChI=1S/C22H28N4O2/c1-17(27)26(15-19-12-23-16-24-13-19)21-3-2-8-25(9-6-21)14-18-4-5-22-20(11-18)7-10-28-22/h4-5,11-13,16,21H,2-3,6-10,14-15H2,1H3/t21-/m1/s1. The van der Waals surface area contributed by atoms with Crippen LogP contribution in [0.4, 0.5) is 0 Å². The van der Waals surface area contributed by atoms with Gasteiger partial charge in [0, 0.05) is 57.0 Å². The lowest BCUT2D eigenvalue weighted by atomic mass is 10.1. The molecule has 1 aromatic heterocycles. The van der Waals surface area contributed by atoms with Crippen LogP contribution in [0.5, 0.6) is 5.75 Å². The van der Waals surface area contributed by atoms with Gasteiger partial charge in [-0.15, -0.1) is 0 Å². The maximum absolute atomic E-state index is 12.3. The van der Waals surface area contributed by atoms with Crippen LogP contribution in [0.25, 0.3) is 0 Å². The Kier molecular flexibility index (Phi) is 5.86. The van der Waals surface area contributed by atoms with E-state index in [9.17, 15) is 4.79 Å². The van der Waals surface area contributed by atoms with Crippen molar-refractivity contribution in [1.82, 2.24) is 19.8 Å².